The highest BCUT2D eigenvalue weighted by molar-refractivity contribution is 5.91. The van der Waals surface area contributed by atoms with Crippen LogP contribution in [0.15, 0.2) is 30.3 Å². The van der Waals surface area contributed by atoms with Crippen molar-refractivity contribution < 1.29 is 9.53 Å². The number of nitrogens with zero attached hydrogens (tertiary/aromatic N) is 4. The fraction of sp³-hybridized carbons (Fsp3) is 0.474. The van der Waals surface area contributed by atoms with E-state index in [1.165, 1.54) is 5.56 Å². The maximum Gasteiger partial charge on any atom is 0.341 e. The third-order valence-electron chi connectivity index (χ3n) is 4.41. The van der Waals surface area contributed by atoms with Gasteiger partial charge < -0.3 is 10.1 Å². The van der Waals surface area contributed by atoms with Crippen LogP contribution in [0.5, 0.6) is 0 Å². The minimum absolute atomic E-state index is 0.0278. The number of rotatable bonds is 3. The molecule has 1 unspecified atom stereocenters. The van der Waals surface area contributed by atoms with Crippen LogP contribution in [0.2, 0.25) is 0 Å². The molecule has 1 aliphatic rings. The van der Waals surface area contributed by atoms with Gasteiger partial charge in [0.15, 0.2) is 5.54 Å². The molecule has 0 radical (unpaired) electrons. The van der Waals surface area contributed by atoms with Crippen LogP contribution in [-0.4, -0.2) is 32.3 Å². The normalized spacial score (nSPS) is 19.6. The van der Waals surface area contributed by atoms with Gasteiger partial charge in [0.25, 0.3) is 0 Å². The van der Waals surface area contributed by atoms with Crippen LogP contribution in [0.25, 0.3) is 5.70 Å². The number of anilines is 1. The summed E-state index contributed by atoms with van der Waals surface area (Å²) in [5, 5.41) is 14.8. The third-order valence-corrected chi connectivity index (χ3v) is 4.41. The highest BCUT2D eigenvalue weighted by Crippen LogP contribution is 2.36. The van der Waals surface area contributed by atoms with Crippen LogP contribution >= 0.6 is 0 Å². The third kappa shape index (κ3) is 3.09. The van der Waals surface area contributed by atoms with Crippen LogP contribution in [-0.2, 0) is 20.5 Å². The maximum absolute atomic E-state index is 13.1. The average molecular weight is 355 g/mol. The summed E-state index contributed by atoms with van der Waals surface area (Å²) in [7, 11) is 0. The van der Waals surface area contributed by atoms with E-state index in [4.69, 9.17) is 4.74 Å². The summed E-state index contributed by atoms with van der Waals surface area (Å²) in [6.07, 6.45) is 1.58. The van der Waals surface area contributed by atoms with Crippen LogP contribution in [0.3, 0.4) is 0 Å². The number of tetrazole rings is 1. The molecule has 0 fully saturated rings. The van der Waals surface area contributed by atoms with Gasteiger partial charge in [0.1, 0.15) is 0 Å². The first-order valence-electron chi connectivity index (χ1n) is 8.72. The molecule has 1 aromatic carbocycles. The Balaban J connectivity index is 2.11. The van der Waals surface area contributed by atoms with E-state index in [-0.39, 0.29) is 17.5 Å². The lowest BCUT2D eigenvalue weighted by Gasteiger charge is -2.34. The second kappa shape index (κ2) is 6.23. The highest BCUT2D eigenvalue weighted by atomic mass is 16.5. The number of fused-ring (bicyclic) bond motifs is 1. The number of hydrogen-bond donors (Lipinski definition) is 1. The van der Waals surface area contributed by atoms with E-state index in [0.29, 0.717) is 5.95 Å². The van der Waals surface area contributed by atoms with Crippen molar-refractivity contribution in [1.29, 1.82) is 0 Å². The van der Waals surface area contributed by atoms with Gasteiger partial charge in [-0.1, -0.05) is 50.1 Å². The summed E-state index contributed by atoms with van der Waals surface area (Å²) >= 11 is 0. The molecule has 0 amide bonds. The quantitative estimate of drug-likeness (QED) is 0.852. The monoisotopic (exact) mass is 355 g/mol. The molecule has 1 atom stereocenters. The zero-order valence-electron chi connectivity index (χ0n) is 16.1. The first-order chi connectivity index (χ1) is 12.1. The minimum Gasteiger partial charge on any atom is -0.461 e. The fourth-order valence-electron chi connectivity index (χ4n) is 3.01. The Hall–Kier alpha value is -2.70. The SMILES string of the molecule is CC1=CC(C(=O)OC(C)C)(c2ccc(C(C)(C)C)cc2)Nc2nnnn21. The zero-order valence-corrected chi connectivity index (χ0v) is 16.1. The number of benzene rings is 1. The Labute approximate surface area is 153 Å². The molecule has 1 aliphatic heterocycles. The van der Waals surface area contributed by atoms with Crippen molar-refractivity contribution in [3.05, 3.63) is 41.5 Å². The highest BCUT2D eigenvalue weighted by Gasteiger charge is 2.44. The standard InChI is InChI=1S/C19H25N5O2/c1-12(2)26-16(25)19(11-13(3)24-17(20-19)21-22-23-24)15-9-7-14(8-10-15)18(4,5)6/h7-12H,1-6H3,(H,20,21,23). The lowest BCUT2D eigenvalue weighted by atomic mass is 9.83. The fourth-order valence-corrected chi connectivity index (χ4v) is 3.01. The average Bonchev–Trinajstić information content (AvgIpc) is 3.02. The van der Waals surface area contributed by atoms with Crippen molar-refractivity contribution in [3.8, 4) is 0 Å². The minimum atomic E-state index is -1.17. The number of carbonyl (C=O) groups is 1. The molecule has 0 saturated heterocycles. The molecule has 2 aromatic rings. The molecule has 7 heteroatoms. The van der Waals surface area contributed by atoms with Gasteiger partial charge in [-0.05, 0) is 53.8 Å². The van der Waals surface area contributed by atoms with Crippen LogP contribution in [0, 0.1) is 0 Å². The van der Waals surface area contributed by atoms with Crippen molar-refractivity contribution in [2.45, 2.75) is 58.6 Å². The lowest BCUT2D eigenvalue weighted by molar-refractivity contribution is -0.151. The summed E-state index contributed by atoms with van der Waals surface area (Å²) in [5.74, 6) is 0.0233. The van der Waals surface area contributed by atoms with Crippen LogP contribution < -0.4 is 5.32 Å². The van der Waals surface area contributed by atoms with E-state index in [0.717, 1.165) is 11.3 Å². The van der Waals surface area contributed by atoms with Crippen molar-refractivity contribution >= 4 is 17.6 Å². The van der Waals surface area contributed by atoms with Gasteiger partial charge in [-0.25, -0.2) is 4.79 Å². The molecule has 2 heterocycles. The maximum atomic E-state index is 13.1. The van der Waals surface area contributed by atoms with E-state index in [1.807, 2.05) is 51.1 Å². The molecule has 0 bridgehead atoms. The molecule has 7 nitrogen and oxygen atoms in total. The van der Waals surface area contributed by atoms with Crippen LogP contribution in [0.4, 0.5) is 5.95 Å². The molecular formula is C19H25N5O2. The van der Waals surface area contributed by atoms with Crippen molar-refractivity contribution in [3.63, 3.8) is 0 Å². The predicted octanol–water partition coefficient (Wildman–Crippen LogP) is 3.10. The Morgan fingerprint density at radius 1 is 1.23 bits per heavy atom. The van der Waals surface area contributed by atoms with Gasteiger partial charge in [0.2, 0.25) is 5.95 Å². The lowest BCUT2D eigenvalue weighted by Crippen LogP contribution is -2.46. The largest absolute Gasteiger partial charge is 0.461 e. The van der Waals surface area contributed by atoms with Crippen molar-refractivity contribution in [2.24, 2.45) is 0 Å². The number of aromatic nitrogens is 4. The molecule has 138 valence electrons. The summed E-state index contributed by atoms with van der Waals surface area (Å²) in [5.41, 5.74) is 1.58. The van der Waals surface area contributed by atoms with E-state index < -0.39 is 5.54 Å². The van der Waals surface area contributed by atoms with E-state index >= 15 is 0 Å². The Morgan fingerprint density at radius 3 is 2.46 bits per heavy atom. The zero-order chi connectivity index (χ0) is 19.1. The van der Waals surface area contributed by atoms with Gasteiger partial charge in [-0.15, -0.1) is 0 Å². The summed E-state index contributed by atoms with van der Waals surface area (Å²) in [6, 6.07) is 8.00. The summed E-state index contributed by atoms with van der Waals surface area (Å²) in [4.78, 5) is 13.1. The molecular weight excluding hydrogens is 330 g/mol. The predicted molar refractivity (Wildman–Crippen MR) is 99.4 cm³/mol. The first kappa shape index (κ1) is 18.1. The van der Waals surface area contributed by atoms with Gasteiger partial charge in [0, 0.05) is 5.70 Å². The number of carbonyl (C=O) groups excluding carboxylic acids is 1. The number of hydrogen-bond acceptors (Lipinski definition) is 6. The van der Waals surface area contributed by atoms with E-state index in [2.05, 4.69) is 41.6 Å². The number of allylic oxidation sites excluding steroid dienone is 1. The van der Waals surface area contributed by atoms with Crippen LogP contribution in [0.1, 0.15) is 52.7 Å². The van der Waals surface area contributed by atoms with Crippen molar-refractivity contribution in [2.75, 3.05) is 5.32 Å². The van der Waals surface area contributed by atoms with Gasteiger partial charge in [0.05, 0.1) is 6.10 Å². The summed E-state index contributed by atoms with van der Waals surface area (Å²) in [6.45, 7) is 12.0. The Kier molecular flexibility index (Phi) is 4.34. The molecule has 3 rings (SSSR count). The van der Waals surface area contributed by atoms with Gasteiger partial charge in [-0.3, -0.25) is 0 Å². The summed E-state index contributed by atoms with van der Waals surface area (Å²) < 4.78 is 7.12. The molecule has 0 aliphatic carbocycles. The number of esters is 1. The van der Waals surface area contributed by atoms with E-state index in [9.17, 15) is 4.79 Å². The molecule has 0 spiro atoms. The van der Waals surface area contributed by atoms with Gasteiger partial charge in [-0.2, -0.15) is 4.68 Å². The number of nitrogens with one attached hydrogen (secondary N) is 1. The number of ether oxygens (including phenoxy) is 1. The van der Waals surface area contributed by atoms with E-state index in [1.54, 1.807) is 4.68 Å². The van der Waals surface area contributed by atoms with Gasteiger partial charge >= 0.3 is 5.97 Å². The molecule has 1 aromatic heterocycles. The second-order valence-electron chi connectivity index (χ2n) is 7.91. The molecule has 1 N–H and O–H groups in total. The van der Waals surface area contributed by atoms with Crippen molar-refractivity contribution in [1.82, 2.24) is 20.2 Å². The Bertz CT molecular complexity index is 846. The first-order valence-corrected chi connectivity index (χ1v) is 8.72. The molecule has 0 saturated carbocycles. The smallest absolute Gasteiger partial charge is 0.341 e. The second-order valence-corrected chi connectivity index (χ2v) is 7.91. The Morgan fingerprint density at radius 2 is 1.88 bits per heavy atom. The topological polar surface area (TPSA) is 81.9 Å². The molecule has 26 heavy (non-hydrogen) atoms.